The first kappa shape index (κ1) is 23.4. The maximum atomic E-state index is 15.2. The maximum Gasteiger partial charge on any atom is 0.280 e. The number of para-hydroxylation sites is 3. The molecule has 1 unspecified atom stereocenters. The average Bonchev–Trinajstić information content (AvgIpc) is 3.38. The van der Waals surface area contributed by atoms with E-state index in [0.717, 1.165) is 16.5 Å². The molecule has 6 aromatic rings. The quantitative estimate of drug-likeness (QED) is 0.312. The van der Waals surface area contributed by atoms with Gasteiger partial charge in [-0.15, -0.1) is 0 Å². The van der Waals surface area contributed by atoms with Crippen LogP contribution >= 0.6 is 0 Å². The summed E-state index contributed by atoms with van der Waals surface area (Å²) >= 11 is 0. The number of carbonyl (C=O) groups is 1. The fourth-order valence-electron chi connectivity index (χ4n) is 4.76. The van der Waals surface area contributed by atoms with Gasteiger partial charge in [-0.3, -0.25) is 14.2 Å². The van der Waals surface area contributed by atoms with Crippen LogP contribution in [0.5, 0.6) is 0 Å². The molecule has 186 valence electrons. The Balaban J connectivity index is 1.56. The fraction of sp³-hybridized carbons (Fsp3) is 0.0645. The van der Waals surface area contributed by atoms with Crippen LogP contribution in [0, 0.1) is 5.82 Å². The van der Waals surface area contributed by atoms with Gasteiger partial charge in [0.1, 0.15) is 11.9 Å². The highest BCUT2D eigenvalue weighted by atomic mass is 19.1. The number of rotatable bonds is 6. The fourth-order valence-corrected chi connectivity index (χ4v) is 4.76. The zero-order valence-corrected chi connectivity index (χ0v) is 20.3. The number of halogens is 1. The molecule has 0 fully saturated rings. The van der Waals surface area contributed by atoms with Crippen molar-refractivity contribution in [1.82, 2.24) is 19.9 Å². The number of fused-ring (bicyclic) bond motifs is 2. The molecule has 0 saturated heterocycles. The number of nitrogens with one attached hydrogen (secondary N) is 2. The summed E-state index contributed by atoms with van der Waals surface area (Å²) in [6.07, 6.45) is 0. The van der Waals surface area contributed by atoms with Gasteiger partial charge in [-0.25, -0.2) is 9.37 Å². The van der Waals surface area contributed by atoms with Crippen LogP contribution in [0.1, 0.15) is 17.2 Å². The highest BCUT2D eigenvalue weighted by Gasteiger charge is 2.29. The molecule has 6 nitrogen and oxygen atoms in total. The standard InChI is InChI=1S/C31H23FN4O2/c32-23-14-6-5-13-22(23)29(30(37)33-19-20-10-2-1-3-11-20)36-27-17-9-8-16-25(27)35-28(31(36)38)26-18-21-12-4-7-15-24(21)34-26/h1-18,29,34H,19H2,(H,33,37). The lowest BCUT2D eigenvalue weighted by Gasteiger charge is -2.23. The molecule has 2 N–H and O–H groups in total. The van der Waals surface area contributed by atoms with E-state index in [0.29, 0.717) is 16.7 Å². The van der Waals surface area contributed by atoms with Gasteiger partial charge in [0.25, 0.3) is 5.56 Å². The summed E-state index contributed by atoms with van der Waals surface area (Å²) in [7, 11) is 0. The first-order chi connectivity index (χ1) is 18.6. The molecule has 0 bridgehead atoms. The first-order valence-corrected chi connectivity index (χ1v) is 12.3. The molecule has 0 spiro atoms. The highest BCUT2D eigenvalue weighted by Crippen LogP contribution is 2.27. The molecule has 0 saturated carbocycles. The molecular formula is C31H23FN4O2. The minimum atomic E-state index is -1.26. The van der Waals surface area contributed by atoms with E-state index < -0.39 is 23.3 Å². The summed E-state index contributed by atoms with van der Waals surface area (Å²) in [5.74, 6) is -1.08. The molecule has 1 atom stereocenters. The zero-order chi connectivity index (χ0) is 26.1. The van der Waals surface area contributed by atoms with E-state index >= 15 is 4.39 Å². The Bertz CT molecular complexity index is 1810. The van der Waals surface area contributed by atoms with Gasteiger partial charge in [0.15, 0.2) is 5.69 Å². The second kappa shape index (κ2) is 9.78. The van der Waals surface area contributed by atoms with Crippen LogP contribution in [0.4, 0.5) is 4.39 Å². The summed E-state index contributed by atoms with van der Waals surface area (Å²) in [5, 5.41) is 3.83. The molecule has 0 aliphatic carbocycles. The van der Waals surface area contributed by atoms with Crippen molar-refractivity contribution in [3.63, 3.8) is 0 Å². The number of hydrogen-bond donors (Lipinski definition) is 2. The Morgan fingerprint density at radius 1 is 0.895 bits per heavy atom. The third kappa shape index (κ3) is 4.24. The van der Waals surface area contributed by atoms with Gasteiger partial charge in [0.05, 0.1) is 16.7 Å². The lowest BCUT2D eigenvalue weighted by molar-refractivity contribution is -0.123. The molecule has 2 heterocycles. The molecule has 7 heteroatoms. The maximum absolute atomic E-state index is 15.2. The monoisotopic (exact) mass is 502 g/mol. The van der Waals surface area contributed by atoms with Crippen molar-refractivity contribution >= 4 is 27.8 Å². The lowest BCUT2D eigenvalue weighted by atomic mass is 10.0. The van der Waals surface area contributed by atoms with Gasteiger partial charge in [0, 0.05) is 23.0 Å². The molecule has 0 aliphatic rings. The van der Waals surface area contributed by atoms with Crippen molar-refractivity contribution in [3.05, 3.63) is 136 Å². The Morgan fingerprint density at radius 2 is 1.61 bits per heavy atom. The van der Waals surface area contributed by atoms with Crippen LogP contribution in [0.3, 0.4) is 0 Å². The summed E-state index contributed by atoms with van der Waals surface area (Å²) in [5.41, 5.74) is 2.95. The molecule has 1 amide bonds. The number of hydrogen-bond acceptors (Lipinski definition) is 3. The predicted molar refractivity (Wildman–Crippen MR) is 146 cm³/mol. The second-order valence-corrected chi connectivity index (χ2v) is 9.02. The van der Waals surface area contributed by atoms with E-state index in [4.69, 9.17) is 0 Å². The lowest BCUT2D eigenvalue weighted by Crippen LogP contribution is -2.39. The molecule has 0 aliphatic heterocycles. The second-order valence-electron chi connectivity index (χ2n) is 9.02. The largest absolute Gasteiger partial charge is 0.353 e. The van der Waals surface area contributed by atoms with Gasteiger partial charge < -0.3 is 10.3 Å². The molecule has 0 radical (unpaired) electrons. The smallest absolute Gasteiger partial charge is 0.280 e. The summed E-state index contributed by atoms with van der Waals surface area (Å²) in [6.45, 7) is 0.233. The van der Waals surface area contributed by atoms with Gasteiger partial charge >= 0.3 is 0 Å². The SMILES string of the molecule is O=C(NCc1ccccc1)C(c1ccccc1F)n1c(=O)c(-c2cc3ccccc3[nH]2)nc2ccccc21. The van der Waals surface area contributed by atoms with Gasteiger partial charge in [-0.05, 0) is 35.9 Å². The molecule has 6 rings (SSSR count). The number of aromatic nitrogens is 3. The van der Waals surface area contributed by atoms with Crippen LogP contribution in [0.15, 0.2) is 114 Å². The Kier molecular flexibility index (Phi) is 6.01. The summed E-state index contributed by atoms with van der Waals surface area (Å²) in [6, 6.07) is 30.8. The van der Waals surface area contributed by atoms with E-state index in [9.17, 15) is 9.59 Å². The van der Waals surface area contributed by atoms with Gasteiger partial charge in [-0.1, -0.05) is 78.9 Å². The number of aromatic amines is 1. The van der Waals surface area contributed by atoms with Crippen LogP contribution < -0.4 is 10.9 Å². The van der Waals surface area contributed by atoms with Crippen LogP contribution in [0.25, 0.3) is 33.3 Å². The number of H-pyrrole nitrogens is 1. The van der Waals surface area contributed by atoms with Crippen LogP contribution in [-0.2, 0) is 11.3 Å². The number of carbonyl (C=O) groups excluding carboxylic acids is 1. The predicted octanol–water partition coefficient (Wildman–Crippen LogP) is 5.59. The van der Waals surface area contributed by atoms with Crippen molar-refractivity contribution < 1.29 is 9.18 Å². The number of amides is 1. The minimum absolute atomic E-state index is 0.0964. The molecule has 38 heavy (non-hydrogen) atoms. The summed E-state index contributed by atoms with van der Waals surface area (Å²) in [4.78, 5) is 35.9. The van der Waals surface area contributed by atoms with Crippen LogP contribution in [0.2, 0.25) is 0 Å². The highest BCUT2D eigenvalue weighted by molar-refractivity contribution is 5.89. The third-order valence-corrected chi connectivity index (χ3v) is 6.60. The van der Waals surface area contributed by atoms with Crippen molar-refractivity contribution in [2.24, 2.45) is 0 Å². The third-order valence-electron chi connectivity index (χ3n) is 6.60. The van der Waals surface area contributed by atoms with Gasteiger partial charge in [-0.2, -0.15) is 0 Å². The van der Waals surface area contributed by atoms with E-state index in [2.05, 4.69) is 15.3 Å². The van der Waals surface area contributed by atoms with E-state index in [-0.39, 0.29) is 17.8 Å². The topological polar surface area (TPSA) is 79.8 Å². The Morgan fingerprint density at radius 3 is 2.42 bits per heavy atom. The first-order valence-electron chi connectivity index (χ1n) is 12.3. The van der Waals surface area contributed by atoms with Crippen molar-refractivity contribution in [2.45, 2.75) is 12.6 Å². The molecule has 2 aromatic heterocycles. The minimum Gasteiger partial charge on any atom is -0.353 e. The number of benzene rings is 4. The molecular weight excluding hydrogens is 479 g/mol. The summed E-state index contributed by atoms with van der Waals surface area (Å²) < 4.78 is 16.6. The van der Waals surface area contributed by atoms with Crippen LogP contribution in [-0.4, -0.2) is 20.4 Å². The average molecular weight is 503 g/mol. The Hall–Kier alpha value is -5.04. The normalized spacial score (nSPS) is 12.0. The number of nitrogens with zero attached hydrogens (tertiary/aromatic N) is 2. The van der Waals surface area contributed by atoms with Gasteiger partial charge in [0.2, 0.25) is 5.91 Å². The zero-order valence-electron chi connectivity index (χ0n) is 20.3. The van der Waals surface area contributed by atoms with E-state index in [1.54, 1.807) is 30.3 Å². The van der Waals surface area contributed by atoms with Crippen molar-refractivity contribution in [3.8, 4) is 11.4 Å². The Labute approximate surface area is 217 Å². The van der Waals surface area contributed by atoms with Crippen molar-refractivity contribution in [1.29, 1.82) is 0 Å². The van der Waals surface area contributed by atoms with E-state index in [1.165, 1.54) is 16.7 Å². The van der Waals surface area contributed by atoms with Crippen molar-refractivity contribution in [2.75, 3.05) is 0 Å². The molecule has 4 aromatic carbocycles. The van der Waals surface area contributed by atoms with E-state index in [1.807, 2.05) is 66.7 Å².